The van der Waals surface area contributed by atoms with Gasteiger partial charge in [0.1, 0.15) is 0 Å². The molecule has 0 aliphatic rings. The third-order valence-corrected chi connectivity index (χ3v) is 6.85. The number of hydrogen-bond donors (Lipinski definition) is 1. The summed E-state index contributed by atoms with van der Waals surface area (Å²) in [5.74, 6) is 1.91. The van der Waals surface area contributed by atoms with Crippen LogP contribution in [0.3, 0.4) is 0 Å². The first-order chi connectivity index (χ1) is 18.9. The van der Waals surface area contributed by atoms with Crippen molar-refractivity contribution in [3.63, 3.8) is 0 Å². The van der Waals surface area contributed by atoms with E-state index in [0.29, 0.717) is 35.0 Å². The fourth-order valence-electron chi connectivity index (χ4n) is 4.84. The predicted molar refractivity (Wildman–Crippen MR) is 152 cm³/mol. The van der Waals surface area contributed by atoms with Crippen LogP contribution in [0.15, 0.2) is 73.1 Å². The second-order valence-corrected chi connectivity index (χ2v) is 9.13. The van der Waals surface area contributed by atoms with Crippen molar-refractivity contribution in [2.45, 2.75) is 26.3 Å². The van der Waals surface area contributed by atoms with E-state index in [1.54, 1.807) is 40.8 Å². The summed E-state index contributed by atoms with van der Waals surface area (Å²) in [6, 6.07) is 19.5. The van der Waals surface area contributed by atoms with Crippen molar-refractivity contribution in [2.75, 3.05) is 28.4 Å². The Hall–Kier alpha value is -4.52. The minimum absolute atomic E-state index is 0.159. The summed E-state index contributed by atoms with van der Waals surface area (Å²) < 4.78 is 22.7. The SMILES string of the molecule is COc1c(C)c(Cc2ccc(-c3ccncc3)c(C(=O)N[C@H](C)c3ccccc3)c2)c(OC)c(OC)c1OC. The molecule has 1 amide bonds. The van der Waals surface area contributed by atoms with Crippen LogP contribution in [0.2, 0.25) is 0 Å². The first kappa shape index (κ1) is 27.5. The van der Waals surface area contributed by atoms with Crippen molar-refractivity contribution in [3.05, 3.63) is 101 Å². The van der Waals surface area contributed by atoms with Crippen LogP contribution in [0.4, 0.5) is 0 Å². The van der Waals surface area contributed by atoms with Gasteiger partial charge in [0, 0.05) is 35.5 Å². The molecule has 1 heterocycles. The highest BCUT2D eigenvalue weighted by atomic mass is 16.5. The minimum Gasteiger partial charge on any atom is -0.492 e. The standard InChI is InChI=1S/C32H34N2O5/c1-20-26(29(37-4)31(39-6)30(38-5)28(20)36-3)18-22-12-13-25(24-14-16-33-17-15-24)27(19-22)32(35)34-21(2)23-10-8-7-9-11-23/h7-17,19,21H,18H2,1-6H3,(H,34,35)/t21-/m1/s1. The monoisotopic (exact) mass is 526 g/mol. The lowest BCUT2D eigenvalue weighted by molar-refractivity contribution is 0.0940. The molecule has 4 aromatic rings. The third-order valence-electron chi connectivity index (χ3n) is 6.85. The summed E-state index contributed by atoms with van der Waals surface area (Å²) in [5, 5.41) is 3.16. The van der Waals surface area contributed by atoms with E-state index in [9.17, 15) is 4.79 Å². The number of methoxy groups -OCH3 is 4. The number of nitrogens with one attached hydrogen (secondary N) is 1. The molecular formula is C32H34N2O5. The summed E-state index contributed by atoms with van der Waals surface area (Å²) in [4.78, 5) is 17.8. The van der Waals surface area contributed by atoms with E-state index in [-0.39, 0.29) is 11.9 Å². The lowest BCUT2D eigenvalue weighted by atomic mass is 9.92. The van der Waals surface area contributed by atoms with Gasteiger partial charge in [-0.25, -0.2) is 0 Å². The second kappa shape index (κ2) is 12.3. The largest absolute Gasteiger partial charge is 0.492 e. The van der Waals surface area contributed by atoms with Gasteiger partial charge in [-0.1, -0.05) is 42.5 Å². The number of ether oxygens (including phenoxy) is 4. The Morgan fingerprint density at radius 3 is 2.05 bits per heavy atom. The smallest absolute Gasteiger partial charge is 0.252 e. The van der Waals surface area contributed by atoms with Crippen molar-refractivity contribution in [1.82, 2.24) is 10.3 Å². The van der Waals surface area contributed by atoms with E-state index in [0.717, 1.165) is 33.4 Å². The molecule has 202 valence electrons. The van der Waals surface area contributed by atoms with Gasteiger partial charge < -0.3 is 24.3 Å². The normalized spacial score (nSPS) is 11.4. The summed E-state index contributed by atoms with van der Waals surface area (Å²) in [7, 11) is 6.33. The highest BCUT2D eigenvalue weighted by molar-refractivity contribution is 6.01. The molecule has 0 saturated carbocycles. The van der Waals surface area contributed by atoms with Crippen molar-refractivity contribution in [1.29, 1.82) is 0 Å². The van der Waals surface area contributed by atoms with Gasteiger partial charge in [-0.2, -0.15) is 0 Å². The molecule has 39 heavy (non-hydrogen) atoms. The summed E-state index contributed by atoms with van der Waals surface area (Å²) >= 11 is 0. The fourth-order valence-corrected chi connectivity index (χ4v) is 4.84. The summed E-state index contributed by atoms with van der Waals surface area (Å²) in [6.45, 7) is 3.94. The first-order valence-corrected chi connectivity index (χ1v) is 12.7. The average Bonchev–Trinajstić information content (AvgIpc) is 2.98. The van der Waals surface area contributed by atoms with Crippen molar-refractivity contribution >= 4 is 5.91 Å². The van der Waals surface area contributed by atoms with Gasteiger partial charge in [0.15, 0.2) is 11.5 Å². The van der Waals surface area contributed by atoms with Crippen molar-refractivity contribution in [3.8, 4) is 34.1 Å². The van der Waals surface area contributed by atoms with Crippen LogP contribution in [-0.4, -0.2) is 39.3 Å². The highest BCUT2D eigenvalue weighted by Gasteiger charge is 2.26. The van der Waals surface area contributed by atoms with Crippen LogP contribution >= 0.6 is 0 Å². The Labute approximate surface area is 229 Å². The molecule has 4 rings (SSSR count). The number of hydrogen-bond acceptors (Lipinski definition) is 6. The zero-order chi connectivity index (χ0) is 27.9. The molecule has 0 fully saturated rings. The quantitative estimate of drug-likeness (QED) is 0.266. The molecule has 1 aromatic heterocycles. The molecule has 7 nitrogen and oxygen atoms in total. The molecule has 1 N–H and O–H groups in total. The van der Waals surface area contributed by atoms with Crippen molar-refractivity contribution in [2.24, 2.45) is 0 Å². The molecule has 7 heteroatoms. The van der Waals surface area contributed by atoms with E-state index in [1.165, 1.54) is 0 Å². The van der Waals surface area contributed by atoms with Gasteiger partial charge in [0.05, 0.1) is 34.5 Å². The molecule has 3 aromatic carbocycles. The summed E-state index contributed by atoms with van der Waals surface area (Å²) in [6.07, 6.45) is 3.93. The maximum Gasteiger partial charge on any atom is 0.252 e. The maximum absolute atomic E-state index is 13.7. The first-order valence-electron chi connectivity index (χ1n) is 12.7. The zero-order valence-electron chi connectivity index (χ0n) is 23.2. The number of amides is 1. The number of rotatable bonds is 10. The van der Waals surface area contributed by atoms with Gasteiger partial charge in [-0.15, -0.1) is 0 Å². The van der Waals surface area contributed by atoms with Crippen LogP contribution < -0.4 is 24.3 Å². The number of nitrogens with zero attached hydrogens (tertiary/aromatic N) is 1. The number of aromatic nitrogens is 1. The Morgan fingerprint density at radius 2 is 1.44 bits per heavy atom. The lowest BCUT2D eigenvalue weighted by Gasteiger charge is -2.22. The van der Waals surface area contributed by atoms with E-state index in [1.807, 2.05) is 74.5 Å². The number of carbonyl (C=O) groups is 1. The van der Waals surface area contributed by atoms with Crippen LogP contribution in [0, 0.1) is 6.92 Å². The van der Waals surface area contributed by atoms with E-state index >= 15 is 0 Å². The van der Waals surface area contributed by atoms with Crippen LogP contribution in [0.5, 0.6) is 23.0 Å². The molecule has 0 spiro atoms. The predicted octanol–water partition coefficient (Wildman–Crippen LogP) is 6.17. The third kappa shape index (κ3) is 5.67. The molecule has 1 atom stereocenters. The number of pyridine rings is 1. The van der Waals surface area contributed by atoms with Gasteiger partial charge in [0.2, 0.25) is 11.5 Å². The van der Waals surface area contributed by atoms with Gasteiger partial charge in [0.25, 0.3) is 5.91 Å². The Morgan fingerprint density at radius 1 is 0.821 bits per heavy atom. The van der Waals surface area contributed by atoms with Crippen LogP contribution in [0.1, 0.15) is 45.6 Å². The molecule has 0 aliphatic heterocycles. The van der Waals surface area contributed by atoms with Gasteiger partial charge in [-0.3, -0.25) is 9.78 Å². The summed E-state index contributed by atoms with van der Waals surface area (Å²) in [5.41, 5.74) is 6.03. The van der Waals surface area contributed by atoms with E-state index in [4.69, 9.17) is 18.9 Å². The molecule has 0 radical (unpaired) electrons. The van der Waals surface area contributed by atoms with Crippen LogP contribution in [-0.2, 0) is 6.42 Å². The molecule has 0 unspecified atom stereocenters. The van der Waals surface area contributed by atoms with Gasteiger partial charge in [-0.05, 0) is 54.3 Å². The average molecular weight is 527 g/mol. The molecular weight excluding hydrogens is 492 g/mol. The Bertz CT molecular complexity index is 1440. The van der Waals surface area contributed by atoms with Crippen LogP contribution in [0.25, 0.3) is 11.1 Å². The highest BCUT2D eigenvalue weighted by Crippen LogP contribution is 2.49. The Kier molecular flexibility index (Phi) is 8.71. The van der Waals surface area contributed by atoms with E-state index in [2.05, 4.69) is 10.3 Å². The molecule has 0 saturated heterocycles. The van der Waals surface area contributed by atoms with E-state index < -0.39 is 0 Å². The zero-order valence-corrected chi connectivity index (χ0v) is 23.2. The number of benzene rings is 3. The minimum atomic E-state index is -0.162. The maximum atomic E-state index is 13.7. The Balaban J connectivity index is 1.79. The lowest BCUT2D eigenvalue weighted by Crippen LogP contribution is -2.27. The fraction of sp³-hybridized carbons (Fsp3) is 0.250. The second-order valence-electron chi connectivity index (χ2n) is 9.13. The van der Waals surface area contributed by atoms with Crippen molar-refractivity contribution < 1.29 is 23.7 Å². The number of carbonyl (C=O) groups excluding carboxylic acids is 1. The molecule has 0 bridgehead atoms. The topological polar surface area (TPSA) is 78.9 Å². The van der Waals surface area contributed by atoms with Gasteiger partial charge >= 0.3 is 0 Å². The molecule has 0 aliphatic carbocycles.